The van der Waals surface area contributed by atoms with Crippen molar-refractivity contribution in [3.63, 3.8) is 0 Å². The van der Waals surface area contributed by atoms with Crippen LogP contribution in [0.5, 0.6) is 0 Å². The number of rotatable bonds is 6. The monoisotopic (exact) mass is 300 g/mol. The number of fused-ring (bicyclic) bond motifs is 1. The molecule has 0 bridgehead atoms. The molecule has 2 saturated heterocycles. The Bertz CT molecular complexity index is 412. The van der Waals surface area contributed by atoms with Gasteiger partial charge in [0, 0.05) is 17.4 Å². The average Bonchev–Trinajstić information content (AvgIpc) is 2.92. The molecule has 3 amide bonds. The lowest BCUT2D eigenvalue weighted by atomic mass is 10.0. The van der Waals surface area contributed by atoms with E-state index in [2.05, 4.69) is 21.2 Å². The van der Waals surface area contributed by atoms with Crippen molar-refractivity contribution >= 4 is 29.7 Å². The molecular weight excluding hydrogens is 280 g/mol. The standard InChI is InChI=1S/C11H20N6O2S/c12-10(13)17-16-8(18)4-2-1-3-7-9-6(5-20-7)14-11(19)15-9/h6-7,9H,1-5H2,(H,16,18)(H4,12,13,17)(H2,14,15,19). The van der Waals surface area contributed by atoms with Crippen molar-refractivity contribution in [1.82, 2.24) is 16.1 Å². The van der Waals surface area contributed by atoms with Crippen LogP contribution >= 0.6 is 11.8 Å². The number of hydrogen-bond donors (Lipinski definition) is 5. The molecule has 3 atom stereocenters. The first-order chi connectivity index (χ1) is 9.56. The van der Waals surface area contributed by atoms with Gasteiger partial charge in [0.15, 0.2) is 0 Å². The molecule has 7 N–H and O–H groups in total. The first-order valence-corrected chi connectivity index (χ1v) is 7.67. The summed E-state index contributed by atoms with van der Waals surface area (Å²) in [5.41, 5.74) is 12.5. The van der Waals surface area contributed by atoms with Crippen LogP contribution in [0.2, 0.25) is 0 Å². The maximum absolute atomic E-state index is 11.4. The summed E-state index contributed by atoms with van der Waals surface area (Å²) in [6, 6.07) is 0.410. The summed E-state index contributed by atoms with van der Waals surface area (Å²) in [6.07, 6.45) is 3.10. The van der Waals surface area contributed by atoms with Crippen molar-refractivity contribution in [3.05, 3.63) is 0 Å². The topological polar surface area (TPSA) is 135 Å². The van der Waals surface area contributed by atoms with E-state index in [1.165, 1.54) is 0 Å². The van der Waals surface area contributed by atoms with Crippen LogP contribution in [0.3, 0.4) is 0 Å². The predicted molar refractivity (Wildman–Crippen MR) is 77.9 cm³/mol. The van der Waals surface area contributed by atoms with Crippen molar-refractivity contribution < 1.29 is 9.59 Å². The van der Waals surface area contributed by atoms with E-state index >= 15 is 0 Å². The number of amides is 3. The van der Waals surface area contributed by atoms with Crippen LogP contribution in [-0.2, 0) is 4.79 Å². The molecule has 0 saturated carbocycles. The van der Waals surface area contributed by atoms with Gasteiger partial charge in [-0.1, -0.05) is 6.42 Å². The molecule has 2 heterocycles. The molecule has 0 aromatic carbocycles. The van der Waals surface area contributed by atoms with Crippen molar-refractivity contribution in [1.29, 1.82) is 0 Å². The summed E-state index contributed by atoms with van der Waals surface area (Å²) in [7, 11) is 0. The van der Waals surface area contributed by atoms with Gasteiger partial charge in [0.25, 0.3) is 0 Å². The van der Waals surface area contributed by atoms with E-state index in [9.17, 15) is 9.59 Å². The van der Waals surface area contributed by atoms with E-state index < -0.39 is 0 Å². The SMILES string of the molecule is NC(N)=NNC(=O)CCCCC1SCC2NC(=O)NC21. The molecule has 2 fully saturated rings. The van der Waals surface area contributed by atoms with Crippen molar-refractivity contribution in [2.24, 2.45) is 16.6 Å². The summed E-state index contributed by atoms with van der Waals surface area (Å²) in [4.78, 5) is 22.6. The van der Waals surface area contributed by atoms with Gasteiger partial charge in [-0.2, -0.15) is 11.8 Å². The van der Waals surface area contributed by atoms with Crippen LogP contribution in [0.4, 0.5) is 4.79 Å². The maximum atomic E-state index is 11.4. The Balaban J connectivity index is 1.61. The third-order valence-corrected chi connectivity index (χ3v) is 4.90. The number of carbonyl (C=O) groups is 2. The fourth-order valence-electron chi connectivity index (χ4n) is 2.46. The lowest BCUT2D eigenvalue weighted by Gasteiger charge is -2.16. The van der Waals surface area contributed by atoms with Crippen LogP contribution in [0, 0.1) is 0 Å². The van der Waals surface area contributed by atoms with Crippen LogP contribution in [0.15, 0.2) is 5.10 Å². The number of thioether (sulfide) groups is 1. The van der Waals surface area contributed by atoms with Crippen LogP contribution in [0.1, 0.15) is 25.7 Å². The molecule has 0 aliphatic carbocycles. The Labute approximate surface area is 121 Å². The molecule has 2 rings (SSSR count). The van der Waals surface area contributed by atoms with Crippen LogP contribution < -0.4 is 27.5 Å². The highest BCUT2D eigenvalue weighted by atomic mass is 32.2. The largest absolute Gasteiger partial charge is 0.369 e. The smallest absolute Gasteiger partial charge is 0.315 e. The number of urea groups is 1. The zero-order chi connectivity index (χ0) is 14.5. The third-order valence-electron chi connectivity index (χ3n) is 3.39. The highest BCUT2D eigenvalue weighted by Crippen LogP contribution is 2.33. The van der Waals surface area contributed by atoms with Crippen LogP contribution in [0.25, 0.3) is 0 Å². The molecule has 0 aromatic heterocycles. The minimum atomic E-state index is -0.189. The Kier molecular flexibility index (Phi) is 4.94. The summed E-state index contributed by atoms with van der Waals surface area (Å²) >= 11 is 1.88. The zero-order valence-corrected chi connectivity index (χ0v) is 11.9. The van der Waals surface area contributed by atoms with Crippen molar-refractivity contribution in [2.45, 2.75) is 43.0 Å². The molecule has 8 nitrogen and oxygen atoms in total. The van der Waals surface area contributed by atoms with Gasteiger partial charge in [-0.15, -0.1) is 5.10 Å². The fraction of sp³-hybridized carbons (Fsp3) is 0.727. The maximum Gasteiger partial charge on any atom is 0.315 e. The van der Waals surface area contributed by atoms with E-state index in [4.69, 9.17) is 11.5 Å². The third kappa shape index (κ3) is 3.92. The van der Waals surface area contributed by atoms with Gasteiger partial charge in [-0.25, -0.2) is 10.2 Å². The van der Waals surface area contributed by atoms with E-state index in [1.807, 2.05) is 11.8 Å². The van der Waals surface area contributed by atoms with E-state index in [0.29, 0.717) is 11.7 Å². The highest BCUT2D eigenvalue weighted by molar-refractivity contribution is 8.00. The number of nitrogens with two attached hydrogens (primary N) is 2. The fourth-order valence-corrected chi connectivity index (χ4v) is 4.00. The lowest BCUT2D eigenvalue weighted by molar-refractivity contribution is -0.121. The Morgan fingerprint density at radius 2 is 2.20 bits per heavy atom. The molecule has 20 heavy (non-hydrogen) atoms. The zero-order valence-electron chi connectivity index (χ0n) is 11.1. The highest BCUT2D eigenvalue weighted by Gasteiger charge is 2.42. The van der Waals surface area contributed by atoms with Crippen molar-refractivity contribution in [3.8, 4) is 0 Å². The minimum absolute atomic E-state index is 0.0677. The first-order valence-electron chi connectivity index (χ1n) is 6.62. The number of guanidine groups is 1. The molecule has 0 spiro atoms. The second-order valence-corrected chi connectivity index (χ2v) is 6.21. The normalized spacial score (nSPS) is 27.4. The lowest BCUT2D eigenvalue weighted by Crippen LogP contribution is -2.36. The summed E-state index contributed by atoms with van der Waals surface area (Å²) in [6.45, 7) is 0. The Morgan fingerprint density at radius 3 is 2.95 bits per heavy atom. The van der Waals surface area contributed by atoms with E-state index in [-0.39, 0.29) is 30.0 Å². The number of unbranched alkanes of at least 4 members (excludes halogenated alkanes) is 1. The number of carbonyl (C=O) groups excluding carboxylic acids is 2. The van der Waals surface area contributed by atoms with Gasteiger partial charge in [-0.05, 0) is 12.8 Å². The Hall–Kier alpha value is -1.64. The number of nitrogens with one attached hydrogen (secondary N) is 3. The number of hydrazone groups is 1. The van der Waals surface area contributed by atoms with E-state index in [0.717, 1.165) is 25.0 Å². The Morgan fingerprint density at radius 1 is 1.40 bits per heavy atom. The number of nitrogens with zero attached hydrogens (tertiary/aromatic N) is 1. The van der Waals surface area contributed by atoms with Crippen LogP contribution in [-0.4, -0.2) is 41.0 Å². The predicted octanol–water partition coefficient (Wildman–Crippen LogP) is -0.983. The van der Waals surface area contributed by atoms with Gasteiger partial charge < -0.3 is 22.1 Å². The second-order valence-electron chi connectivity index (χ2n) is 4.94. The van der Waals surface area contributed by atoms with Gasteiger partial charge >= 0.3 is 6.03 Å². The summed E-state index contributed by atoms with van der Waals surface area (Å²) in [5, 5.41) is 9.74. The van der Waals surface area contributed by atoms with Gasteiger partial charge in [0.1, 0.15) is 0 Å². The quantitative estimate of drug-likeness (QED) is 0.141. The van der Waals surface area contributed by atoms with Gasteiger partial charge in [0.05, 0.1) is 12.1 Å². The number of hydrogen-bond acceptors (Lipinski definition) is 4. The van der Waals surface area contributed by atoms with E-state index in [1.54, 1.807) is 0 Å². The molecule has 0 aromatic rings. The molecule has 2 aliphatic rings. The first kappa shape index (κ1) is 14.8. The minimum Gasteiger partial charge on any atom is -0.369 e. The molecule has 3 unspecified atom stereocenters. The molecule has 9 heteroatoms. The molecular formula is C11H20N6O2S. The van der Waals surface area contributed by atoms with Gasteiger partial charge in [-0.3, -0.25) is 4.79 Å². The van der Waals surface area contributed by atoms with Crippen molar-refractivity contribution in [2.75, 3.05) is 5.75 Å². The molecule has 0 radical (unpaired) electrons. The second kappa shape index (κ2) is 6.69. The molecule has 112 valence electrons. The average molecular weight is 300 g/mol. The van der Waals surface area contributed by atoms with Gasteiger partial charge in [0.2, 0.25) is 11.9 Å². The summed E-state index contributed by atoms with van der Waals surface area (Å²) in [5.74, 6) is 0.612. The molecule has 2 aliphatic heterocycles. The summed E-state index contributed by atoms with van der Waals surface area (Å²) < 4.78 is 0.